The van der Waals surface area contributed by atoms with Crippen molar-refractivity contribution < 1.29 is 23.8 Å². The largest absolute Gasteiger partial charge is 0.489 e. The predicted octanol–water partition coefficient (Wildman–Crippen LogP) is 0.941. The van der Waals surface area contributed by atoms with E-state index in [4.69, 9.17) is 20.3 Å². The number of carboxylic acid groups (broad SMARTS) is 1. The molecule has 18 heavy (non-hydrogen) atoms. The van der Waals surface area contributed by atoms with Crippen molar-refractivity contribution >= 4 is 5.97 Å². The highest BCUT2D eigenvalue weighted by atomic mass is 19.1. The van der Waals surface area contributed by atoms with Gasteiger partial charge in [0.05, 0.1) is 13.2 Å². The zero-order valence-corrected chi connectivity index (χ0v) is 9.69. The van der Waals surface area contributed by atoms with Crippen molar-refractivity contribution in [2.75, 3.05) is 13.2 Å². The second-order valence-corrected chi connectivity index (χ2v) is 4.06. The molecule has 1 aliphatic heterocycles. The second-order valence-electron chi connectivity index (χ2n) is 4.06. The van der Waals surface area contributed by atoms with E-state index in [1.807, 2.05) is 0 Å². The Bertz CT molecular complexity index is 464. The Hall–Kier alpha value is -1.82. The quantitative estimate of drug-likeness (QED) is 0.840. The summed E-state index contributed by atoms with van der Waals surface area (Å²) in [4.78, 5) is 10.7. The molecule has 2 rings (SSSR count). The number of fused-ring (bicyclic) bond motifs is 1. The standard InChI is InChI=1S/C12H14FNO4/c13-8-3-2-7(6-9(14)12(15)16)10-11(8)18-5-1-4-17-10/h2-3,9H,1,4-6,14H2,(H,15,16). The molecule has 0 amide bonds. The molecule has 1 unspecified atom stereocenters. The summed E-state index contributed by atoms with van der Waals surface area (Å²) in [6.07, 6.45) is 0.722. The summed E-state index contributed by atoms with van der Waals surface area (Å²) in [6, 6.07) is 1.66. The molecule has 0 aromatic heterocycles. The summed E-state index contributed by atoms with van der Waals surface area (Å²) >= 11 is 0. The molecular weight excluding hydrogens is 241 g/mol. The maximum Gasteiger partial charge on any atom is 0.320 e. The highest BCUT2D eigenvalue weighted by Gasteiger charge is 2.22. The summed E-state index contributed by atoms with van der Waals surface area (Å²) in [7, 11) is 0. The maximum absolute atomic E-state index is 13.6. The Kier molecular flexibility index (Phi) is 3.66. The summed E-state index contributed by atoms with van der Waals surface area (Å²) < 4.78 is 24.3. The molecule has 0 spiro atoms. The Morgan fingerprint density at radius 1 is 1.39 bits per heavy atom. The van der Waals surface area contributed by atoms with Crippen molar-refractivity contribution in [2.45, 2.75) is 18.9 Å². The number of benzene rings is 1. The first kappa shape index (κ1) is 12.6. The van der Waals surface area contributed by atoms with E-state index in [-0.39, 0.29) is 17.9 Å². The zero-order chi connectivity index (χ0) is 13.1. The van der Waals surface area contributed by atoms with Crippen LogP contribution in [0.25, 0.3) is 0 Å². The first-order valence-electron chi connectivity index (χ1n) is 5.65. The summed E-state index contributed by atoms with van der Waals surface area (Å²) in [5, 5.41) is 8.79. The molecule has 5 nitrogen and oxygen atoms in total. The minimum absolute atomic E-state index is 0.0441. The summed E-state index contributed by atoms with van der Waals surface area (Å²) in [6.45, 7) is 0.782. The van der Waals surface area contributed by atoms with Gasteiger partial charge in [0.25, 0.3) is 0 Å². The van der Waals surface area contributed by atoms with Gasteiger partial charge in [-0.25, -0.2) is 4.39 Å². The van der Waals surface area contributed by atoms with Crippen LogP contribution < -0.4 is 15.2 Å². The van der Waals surface area contributed by atoms with Gasteiger partial charge >= 0.3 is 5.97 Å². The lowest BCUT2D eigenvalue weighted by Crippen LogP contribution is -2.32. The Morgan fingerprint density at radius 3 is 2.72 bits per heavy atom. The van der Waals surface area contributed by atoms with Gasteiger partial charge in [-0.2, -0.15) is 0 Å². The fourth-order valence-electron chi connectivity index (χ4n) is 1.76. The molecule has 1 heterocycles. The van der Waals surface area contributed by atoms with Crippen LogP contribution in [0.2, 0.25) is 0 Å². The maximum atomic E-state index is 13.6. The van der Waals surface area contributed by atoms with Gasteiger partial charge in [-0.1, -0.05) is 6.07 Å². The number of halogens is 1. The average molecular weight is 255 g/mol. The molecular formula is C12H14FNO4. The van der Waals surface area contributed by atoms with E-state index in [9.17, 15) is 9.18 Å². The van der Waals surface area contributed by atoms with Gasteiger partial charge in [-0.15, -0.1) is 0 Å². The van der Waals surface area contributed by atoms with Gasteiger partial charge in [-0.3, -0.25) is 4.79 Å². The number of rotatable bonds is 3. The fraction of sp³-hybridized carbons (Fsp3) is 0.417. The third-order valence-corrected chi connectivity index (χ3v) is 2.68. The minimum atomic E-state index is -1.11. The molecule has 0 aliphatic carbocycles. The monoisotopic (exact) mass is 255 g/mol. The predicted molar refractivity (Wildman–Crippen MR) is 61.3 cm³/mol. The average Bonchev–Trinajstić information content (AvgIpc) is 2.58. The highest BCUT2D eigenvalue weighted by Crippen LogP contribution is 2.36. The molecule has 1 aromatic carbocycles. The van der Waals surface area contributed by atoms with Crippen LogP contribution in [0.3, 0.4) is 0 Å². The smallest absolute Gasteiger partial charge is 0.320 e. The van der Waals surface area contributed by atoms with E-state index >= 15 is 0 Å². The van der Waals surface area contributed by atoms with Crippen molar-refractivity contribution in [3.05, 3.63) is 23.5 Å². The molecule has 0 saturated carbocycles. The minimum Gasteiger partial charge on any atom is -0.489 e. The van der Waals surface area contributed by atoms with E-state index in [1.54, 1.807) is 0 Å². The molecule has 3 N–H and O–H groups in total. The topological polar surface area (TPSA) is 81.8 Å². The second kappa shape index (κ2) is 5.22. The first-order valence-corrected chi connectivity index (χ1v) is 5.65. The number of ether oxygens (including phenoxy) is 2. The third kappa shape index (κ3) is 2.53. The molecule has 98 valence electrons. The van der Waals surface area contributed by atoms with Crippen LogP contribution in [0.4, 0.5) is 4.39 Å². The van der Waals surface area contributed by atoms with Crippen LogP contribution in [-0.4, -0.2) is 30.3 Å². The van der Waals surface area contributed by atoms with Gasteiger partial charge in [0.1, 0.15) is 6.04 Å². The number of carboxylic acids is 1. The van der Waals surface area contributed by atoms with Crippen molar-refractivity contribution in [1.29, 1.82) is 0 Å². The van der Waals surface area contributed by atoms with E-state index in [0.29, 0.717) is 25.2 Å². The lowest BCUT2D eigenvalue weighted by Gasteiger charge is -2.14. The number of nitrogens with two attached hydrogens (primary N) is 1. The molecule has 0 fully saturated rings. The van der Waals surface area contributed by atoms with Crippen LogP contribution in [-0.2, 0) is 11.2 Å². The van der Waals surface area contributed by atoms with Crippen LogP contribution in [0.5, 0.6) is 11.5 Å². The highest BCUT2D eigenvalue weighted by molar-refractivity contribution is 5.73. The third-order valence-electron chi connectivity index (χ3n) is 2.68. The van der Waals surface area contributed by atoms with E-state index < -0.39 is 17.8 Å². The van der Waals surface area contributed by atoms with Crippen molar-refractivity contribution in [2.24, 2.45) is 5.73 Å². The first-order chi connectivity index (χ1) is 8.59. The van der Waals surface area contributed by atoms with Crippen LogP contribution in [0, 0.1) is 5.82 Å². The van der Waals surface area contributed by atoms with Gasteiger partial charge in [-0.05, 0) is 6.07 Å². The summed E-state index contributed by atoms with van der Waals surface area (Å²) in [5.41, 5.74) is 6.01. The molecule has 0 radical (unpaired) electrons. The van der Waals surface area contributed by atoms with Gasteiger partial charge < -0.3 is 20.3 Å². The molecule has 0 saturated heterocycles. The van der Waals surface area contributed by atoms with Crippen molar-refractivity contribution in [3.63, 3.8) is 0 Å². The summed E-state index contributed by atoms with van der Waals surface area (Å²) in [5.74, 6) is -1.31. The lowest BCUT2D eigenvalue weighted by atomic mass is 10.0. The van der Waals surface area contributed by atoms with E-state index in [2.05, 4.69) is 0 Å². The van der Waals surface area contributed by atoms with E-state index in [0.717, 1.165) is 0 Å². The Balaban J connectivity index is 2.33. The van der Waals surface area contributed by atoms with Crippen LogP contribution in [0.15, 0.2) is 12.1 Å². The van der Waals surface area contributed by atoms with Gasteiger partial charge in [0.15, 0.2) is 17.3 Å². The number of hydrogen-bond donors (Lipinski definition) is 2. The molecule has 1 aliphatic rings. The van der Waals surface area contributed by atoms with Crippen LogP contribution >= 0.6 is 0 Å². The molecule has 1 atom stereocenters. The number of hydrogen-bond acceptors (Lipinski definition) is 4. The molecule has 1 aromatic rings. The zero-order valence-electron chi connectivity index (χ0n) is 9.69. The van der Waals surface area contributed by atoms with E-state index in [1.165, 1.54) is 12.1 Å². The number of carbonyl (C=O) groups is 1. The normalized spacial score (nSPS) is 15.9. The lowest BCUT2D eigenvalue weighted by molar-refractivity contribution is -0.138. The number of aliphatic carboxylic acids is 1. The molecule has 6 heteroatoms. The van der Waals surface area contributed by atoms with Gasteiger partial charge in [0.2, 0.25) is 0 Å². The van der Waals surface area contributed by atoms with Crippen molar-refractivity contribution in [1.82, 2.24) is 0 Å². The Labute approximate surface area is 103 Å². The van der Waals surface area contributed by atoms with Crippen LogP contribution in [0.1, 0.15) is 12.0 Å². The van der Waals surface area contributed by atoms with Gasteiger partial charge in [0, 0.05) is 18.4 Å². The molecule has 0 bridgehead atoms. The SMILES string of the molecule is NC(Cc1ccc(F)c2c1OCCCO2)C(=O)O. The Morgan fingerprint density at radius 2 is 2.06 bits per heavy atom. The fourth-order valence-corrected chi connectivity index (χ4v) is 1.76. The van der Waals surface area contributed by atoms with Crippen molar-refractivity contribution in [3.8, 4) is 11.5 Å².